The molecular weight excluding hydrogens is 304 g/mol. The Bertz CT molecular complexity index is 819. The Labute approximate surface area is 132 Å². The molecule has 0 aliphatic carbocycles. The van der Waals surface area contributed by atoms with E-state index in [1.807, 2.05) is 24.3 Å². The minimum atomic E-state index is -1.05. The van der Waals surface area contributed by atoms with Crippen LogP contribution < -0.4 is 5.32 Å². The number of phenolic OH excluding ortho intramolecular Hbond substituents is 1. The second-order valence-corrected chi connectivity index (χ2v) is 4.54. The molecule has 0 amide bonds. The number of aromatic carboxylic acids is 1. The van der Waals surface area contributed by atoms with Crippen LogP contribution in [-0.4, -0.2) is 21.2 Å². The number of hydrogen-bond acceptors (Lipinski definition) is 4. The van der Waals surface area contributed by atoms with E-state index in [1.165, 1.54) is 18.3 Å². The van der Waals surface area contributed by atoms with Crippen molar-refractivity contribution in [1.29, 1.82) is 0 Å². The number of benzene rings is 2. The van der Waals surface area contributed by atoms with Gasteiger partial charge in [0.1, 0.15) is 11.3 Å². The molecule has 3 aromatic rings. The molecule has 3 rings (SSSR count). The molecule has 5 nitrogen and oxygen atoms in total. The standard InChI is InChI=1S/C16H12N2O3.ClH/c19-11-7-5-10(6-8-11)18-15-12-3-1-2-4-14(12)17-9-13(15)16(20)21;/h1-9,19H,(H,17,18)(H,20,21);1H. The summed E-state index contributed by atoms with van der Waals surface area (Å²) in [6.07, 6.45) is 1.34. The molecule has 112 valence electrons. The fourth-order valence-electron chi connectivity index (χ4n) is 2.13. The zero-order chi connectivity index (χ0) is 14.8. The first-order valence-corrected chi connectivity index (χ1v) is 6.32. The second-order valence-electron chi connectivity index (χ2n) is 4.54. The van der Waals surface area contributed by atoms with E-state index in [-0.39, 0.29) is 23.7 Å². The van der Waals surface area contributed by atoms with Gasteiger partial charge in [0.15, 0.2) is 0 Å². The normalized spacial score (nSPS) is 10.0. The predicted octanol–water partition coefficient (Wildman–Crippen LogP) is 3.80. The molecule has 0 spiro atoms. The van der Waals surface area contributed by atoms with Crippen LogP contribution in [0.25, 0.3) is 10.9 Å². The number of carbonyl (C=O) groups is 1. The van der Waals surface area contributed by atoms with Crippen molar-refractivity contribution < 1.29 is 15.0 Å². The van der Waals surface area contributed by atoms with E-state index in [0.717, 1.165) is 5.39 Å². The van der Waals surface area contributed by atoms with Gasteiger partial charge in [-0.1, -0.05) is 18.2 Å². The van der Waals surface area contributed by atoms with Gasteiger partial charge in [-0.05, 0) is 30.3 Å². The van der Waals surface area contributed by atoms with Crippen molar-refractivity contribution in [2.75, 3.05) is 5.32 Å². The van der Waals surface area contributed by atoms with Crippen LogP contribution in [0.1, 0.15) is 10.4 Å². The first kappa shape index (κ1) is 15.6. The zero-order valence-corrected chi connectivity index (χ0v) is 12.2. The van der Waals surface area contributed by atoms with Gasteiger partial charge in [-0.25, -0.2) is 4.79 Å². The van der Waals surface area contributed by atoms with Gasteiger partial charge >= 0.3 is 5.97 Å². The number of phenols is 1. The van der Waals surface area contributed by atoms with E-state index in [0.29, 0.717) is 16.9 Å². The van der Waals surface area contributed by atoms with Crippen LogP contribution in [0.3, 0.4) is 0 Å². The minimum Gasteiger partial charge on any atom is -0.508 e. The Balaban J connectivity index is 0.00000176. The summed E-state index contributed by atoms with van der Waals surface area (Å²) in [5.41, 5.74) is 1.98. The lowest BCUT2D eigenvalue weighted by atomic mass is 10.1. The third kappa shape index (κ3) is 2.94. The Kier molecular flexibility index (Phi) is 4.48. The molecule has 0 fully saturated rings. The monoisotopic (exact) mass is 316 g/mol. The number of carboxylic acids is 1. The molecule has 0 aliphatic heterocycles. The molecule has 1 heterocycles. The van der Waals surface area contributed by atoms with Crippen LogP contribution in [-0.2, 0) is 0 Å². The van der Waals surface area contributed by atoms with Gasteiger partial charge in [-0.2, -0.15) is 0 Å². The number of fused-ring (bicyclic) bond motifs is 1. The first-order chi connectivity index (χ1) is 10.1. The Morgan fingerprint density at radius 3 is 2.41 bits per heavy atom. The number of halogens is 1. The van der Waals surface area contributed by atoms with Crippen molar-refractivity contribution in [1.82, 2.24) is 4.98 Å². The zero-order valence-electron chi connectivity index (χ0n) is 11.4. The smallest absolute Gasteiger partial charge is 0.339 e. The summed E-state index contributed by atoms with van der Waals surface area (Å²) in [4.78, 5) is 15.5. The largest absolute Gasteiger partial charge is 0.508 e. The summed E-state index contributed by atoms with van der Waals surface area (Å²) in [6.45, 7) is 0. The molecule has 0 saturated carbocycles. The van der Waals surface area contributed by atoms with Crippen LogP contribution in [0.4, 0.5) is 11.4 Å². The van der Waals surface area contributed by atoms with Crippen LogP contribution in [0.5, 0.6) is 5.75 Å². The van der Waals surface area contributed by atoms with Crippen LogP contribution >= 0.6 is 12.4 Å². The summed E-state index contributed by atoms with van der Waals surface area (Å²) >= 11 is 0. The highest BCUT2D eigenvalue weighted by Gasteiger charge is 2.14. The minimum absolute atomic E-state index is 0. The fraction of sp³-hybridized carbons (Fsp3) is 0. The third-order valence-electron chi connectivity index (χ3n) is 3.14. The lowest BCUT2D eigenvalue weighted by molar-refractivity contribution is 0.0697. The summed E-state index contributed by atoms with van der Waals surface area (Å²) in [5, 5.41) is 22.5. The molecule has 0 unspecified atom stereocenters. The predicted molar refractivity (Wildman–Crippen MR) is 87.3 cm³/mol. The highest BCUT2D eigenvalue weighted by atomic mass is 35.5. The van der Waals surface area contributed by atoms with Gasteiger partial charge in [-0.15, -0.1) is 12.4 Å². The molecule has 22 heavy (non-hydrogen) atoms. The van der Waals surface area contributed by atoms with E-state index in [4.69, 9.17) is 0 Å². The molecule has 3 N–H and O–H groups in total. The lowest BCUT2D eigenvalue weighted by Gasteiger charge is -2.12. The van der Waals surface area contributed by atoms with Crippen LogP contribution in [0, 0.1) is 0 Å². The number of aromatic nitrogens is 1. The number of pyridine rings is 1. The van der Waals surface area contributed by atoms with Gasteiger partial charge in [0.2, 0.25) is 0 Å². The fourth-order valence-corrected chi connectivity index (χ4v) is 2.13. The van der Waals surface area contributed by atoms with Crippen molar-refractivity contribution in [3.63, 3.8) is 0 Å². The van der Waals surface area contributed by atoms with Gasteiger partial charge in [-0.3, -0.25) is 4.98 Å². The maximum Gasteiger partial charge on any atom is 0.339 e. The van der Waals surface area contributed by atoms with Gasteiger partial charge < -0.3 is 15.5 Å². The number of para-hydroxylation sites is 1. The Morgan fingerprint density at radius 1 is 1.05 bits per heavy atom. The van der Waals surface area contributed by atoms with Crippen molar-refractivity contribution in [2.24, 2.45) is 0 Å². The summed E-state index contributed by atoms with van der Waals surface area (Å²) in [6, 6.07) is 13.7. The SMILES string of the molecule is Cl.O=C(O)c1cnc2ccccc2c1Nc1ccc(O)cc1. The molecule has 0 saturated heterocycles. The highest BCUT2D eigenvalue weighted by Crippen LogP contribution is 2.29. The Morgan fingerprint density at radius 2 is 1.73 bits per heavy atom. The quantitative estimate of drug-likeness (QED) is 0.640. The van der Waals surface area contributed by atoms with E-state index >= 15 is 0 Å². The third-order valence-corrected chi connectivity index (χ3v) is 3.14. The summed E-state index contributed by atoms with van der Waals surface area (Å²) in [7, 11) is 0. The molecular formula is C16H13ClN2O3. The maximum absolute atomic E-state index is 11.4. The lowest BCUT2D eigenvalue weighted by Crippen LogP contribution is -2.04. The van der Waals surface area contributed by atoms with Crippen molar-refractivity contribution in [3.05, 3.63) is 60.3 Å². The first-order valence-electron chi connectivity index (χ1n) is 6.32. The van der Waals surface area contributed by atoms with E-state index in [2.05, 4.69) is 10.3 Å². The molecule has 0 atom stereocenters. The number of aromatic hydroxyl groups is 1. The average Bonchev–Trinajstić information content (AvgIpc) is 2.49. The molecule has 2 aromatic carbocycles. The van der Waals surface area contributed by atoms with Gasteiger partial charge in [0.25, 0.3) is 0 Å². The van der Waals surface area contributed by atoms with Crippen LogP contribution in [0.2, 0.25) is 0 Å². The van der Waals surface area contributed by atoms with Gasteiger partial charge in [0, 0.05) is 17.3 Å². The van der Waals surface area contributed by atoms with E-state index in [9.17, 15) is 15.0 Å². The maximum atomic E-state index is 11.4. The highest BCUT2D eigenvalue weighted by molar-refractivity contribution is 6.05. The Hall–Kier alpha value is -2.79. The van der Waals surface area contributed by atoms with E-state index in [1.54, 1.807) is 12.1 Å². The number of rotatable bonds is 3. The summed E-state index contributed by atoms with van der Waals surface area (Å²) in [5.74, 6) is -0.895. The number of nitrogens with zero attached hydrogens (tertiary/aromatic N) is 1. The molecule has 1 aromatic heterocycles. The molecule has 6 heteroatoms. The summed E-state index contributed by atoms with van der Waals surface area (Å²) < 4.78 is 0. The number of hydrogen-bond donors (Lipinski definition) is 3. The molecule has 0 bridgehead atoms. The topological polar surface area (TPSA) is 82.5 Å². The van der Waals surface area contributed by atoms with Gasteiger partial charge in [0.05, 0.1) is 11.2 Å². The average molecular weight is 317 g/mol. The van der Waals surface area contributed by atoms with Crippen molar-refractivity contribution in [3.8, 4) is 5.75 Å². The van der Waals surface area contributed by atoms with Crippen molar-refractivity contribution in [2.45, 2.75) is 0 Å². The second kappa shape index (κ2) is 6.32. The van der Waals surface area contributed by atoms with Crippen LogP contribution in [0.15, 0.2) is 54.7 Å². The van der Waals surface area contributed by atoms with E-state index < -0.39 is 5.97 Å². The number of carboxylic acid groups (broad SMARTS) is 1. The number of nitrogens with one attached hydrogen (secondary N) is 1. The number of anilines is 2. The molecule has 0 aliphatic rings. The van der Waals surface area contributed by atoms with Crippen molar-refractivity contribution >= 4 is 40.7 Å². The molecule has 0 radical (unpaired) electrons.